The van der Waals surface area contributed by atoms with Crippen LogP contribution in [0, 0.1) is 0 Å². The Morgan fingerprint density at radius 1 is 1.12 bits per heavy atom. The van der Waals surface area contributed by atoms with Gasteiger partial charge < -0.3 is 14.8 Å². The van der Waals surface area contributed by atoms with Gasteiger partial charge in [-0.3, -0.25) is 4.79 Å². The second-order valence-corrected chi connectivity index (χ2v) is 6.27. The van der Waals surface area contributed by atoms with E-state index in [2.05, 4.69) is 12.2 Å². The van der Waals surface area contributed by atoms with Crippen LogP contribution in [-0.4, -0.2) is 19.1 Å². The molecular formula is C22H29NO3. The first kappa shape index (κ1) is 20.0. The van der Waals surface area contributed by atoms with Crippen molar-refractivity contribution in [1.29, 1.82) is 0 Å². The molecule has 0 unspecified atom stereocenters. The van der Waals surface area contributed by atoms with Crippen molar-refractivity contribution < 1.29 is 14.3 Å². The third-order valence-electron chi connectivity index (χ3n) is 4.17. The Kier molecular flexibility index (Phi) is 8.16. The summed E-state index contributed by atoms with van der Waals surface area (Å²) in [7, 11) is 0. The molecule has 0 aliphatic heterocycles. The summed E-state index contributed by atoms with van der Waals surface area (Å²) in [6, 6.07) is 15.4. The van der Waals surface area contributed by atoms with E-state index in [1.54, 1.807) is 6.07 Å². The molecule has 0 radical (unpaired) electrons. The Morgan fingerprint density at radius 2 is 1.88 bits per heavy atom. The number of hydrogen-bond acceptors (Lipinski definition) is 3. The molecule has 0 spiro atoms. The predicted octanol–water partition coefficient (Wildman–Crippen LogP) is 4.89. The minimum absolute atomic E-state index is 0.0560. The molecular weight excluding hydrogens is 326 g/mol. The highest BCUT2D eigenvalue weighted by atomic mass is 16.5. The van der Waals surface area contributed by atoms with Gasteiger partial charge in [-0.15, -0.1) is 0 Å². The van der Waals surface area contributed by atoms with Crippen LogP contribution in [0.5, 0.6) is 5.75 Å². The smallest absolute Gasteiger partial charge is 0.251 e. The maximum absolute atomic E-state index is 12.6. The van der Waals surface area contributed by atoms with Crippen molar-refractivity contribution in [3.63, 3.8) is 0 Å². The lowest BCUT2D eigenvalue weighted by atomic mass is 10.1. The second kappa shape index (κ2) is 10.6. The number of nitrogens with one attached hydrogen (secondary N) is 1. The lowest BCUT2D eigenvalue weighted by molar-refractivity contribution is 0.0938. The molecule has 4 heteroatoms. The Hall–Kier alpha value is -2.33. The molecule has 0 aliphatic rings. The van der Waals surface area contributed by atoms with Gasteiger partial charge in [-0.1, -0.05) is 43.7 Å². The minimum atomic E-state index is -0.0980. The van der Waals surface area contributed by atoms with E-state index in [0.29, 0.717) is 25.4 Å². The van der Waals surface area contributed by atoms with Crippen LogP contribution in [-0.2, 0) is 11.3 Å². The molecule has 0 saturated carbocycles. The summed E-state index contributed by atoms with van der Waals surface area (Å²) in [5.74, 6) is 0.677. The van der Waals surface area contributed by atoms with Gasteiger partial charge in [0.2, 0.25) is 0 Å². The van der Waals surface area contributed by atoms with Gasteiger partial charge >= 0.3 is 0 Å². The first-order valence-electron chi connectivity index (χ1n) is 9.35. The summed E-state index contributed by atoms with van der Waals surface area (Å²) >= 11 is 0. The normalized spacial score (nSPS) is 11.8. The van der Waals surface area contributed by atoms with Crippen molar-refractivity contribution in [2.45, 2.75) is 46.3 Å². The molecule has 4 nitrogen and oxygen atoms in total. The summed E-state index contributed by atoms with van der Waals surface area (Å²) in [6.07, 6.45) is 2.12. The summed E-state index contributed by atoms with van der Waals surface area (Å²) in [5, 5.41) is 3.05. The van der Waals surface area contributed by atoms with Gasteiger partial charge in [0.05, 0.1) is 19.3 Å². The molecule has 1 amide bonds. The molecule has 0 saturated heterocycles. The molecule has 26 heavy (non-hydrogen) atoms. The molecule has 2 aromatic rings. The van der Waals surface area contributed by atoms with Crippen molar-refractivity contribution in [3.8, 4) is 5.75 Å². The third-order valence-corrected chi connectivity index (χ3v) is 4.17. The molecule has 1 N–H and O–H groups in total. The minimum Gasteiger partial charge on any atom is -0.494 e. The zero-order valence-electron chi connectivity index (χ0n) is 16.0. The lowest BCUT2D eigenvalue weighted by Crippen LogP contribution is -2.26. The molecule has 1 atom stereocenters. The molecule has 0 aliphatic carbocycles. The van der Waals surface area contributed by atoms with E-state index < -0.39 is 0 Å². The maximum atomic E-state index is 12.6. The number of amides is 1. The van der Waals surface area contributed by atoms with Gasteiger partial charge in [-0.25, -0.2) is 0 Å². The molecule has 2 rings (SSSR count). The van der Waals surface area contributed by atoms with Crippen LogP contribution < -0.4 is 10.1 Å². The van der Waals surface area contributed by atoms with Gasteiger partial charge in [-0.2, -0.15) is 0 Å². The van der Waals surface area contributed by atoms with Crippen LogP contribution in [0.1, 0.15) is 61.1 Å². The Bertz CT molecular complexity index is 685. The lowest BCUT2D eigenvalue weighted by Gasteiger charge is -2.16. The third kappa shape index (κ3) is 5.88. The van der Waals surface area contributed by atoms with Crippen LogP contribution >= 0.6 is 0 Å². The summed E-state index contributed by atoms with van der Waals surface area (Å²) in [5.41, 5.74) is 2.60. The molecule has 2 aromatic carbocycles. The van der Waals surface area contributed by atoms with Crippen molar-refractivity contribution >= 4 is 5.91 Å². The number of unbranched alkanes of at least 4 members (excludes halogenated alkanes) is 1. The quantitative estimate of drug-likeness (QED) is 0.617. The average molecular weight is 355 g/mol. The van der Waals surface area contributed by atoms with Gasteiger partial charge in [0.25, 0.3) is 5.91 Å². The Labute approximate surface area is 156 Å². The van der Waals surface area contributed by atoms with Crippen molar-refractivity contribution in [3.05, 3.63) is 65.2 Å². The van der Waals surface area contributed by atoms with Crippen molar-refractivity contribution in [2.24, 2.45) is 0 Å². The van der Waals surface area contributed by atoms with E-state index in [1.165, 1.54) is 0 Å². The molecule has 0 heterocycles. The number of carbonyl (C=O) groups excluding carboxylic acids is 1. The fraction of sp³-hybridized carbons (Fsp3) is 0.409. The monoisotopic (exact) mass is 355 g/mol. The number of carbonyl (C=O) groups is 1. The maximum Gasteiger partial charge on any atom is 0.251 e. The van der Waals surface area contributed by atoms with Gasteiger partial charge in [-0.05, 0) is 44.0 Å². The standard InChI is InChI=1S/C22H29NO3/c1-4-6-14-25-16-20-15-19(12-13-21(20)26-5-2)22(24)23-17(3)18-10-8-7-9-11-18/h7-13,15,17H,4-6,14,16H2,1-3H3,(H,23,24)/t17-/m1/s1. The van der Waals surface area contributed by atoms with Gasteiger partial charge in [0, 0.05) is 17.7 Å². The molecule has 0 fully saturated rings. The highest BCUT2D eigenvalue weighted by Gasteiger charge is 2.14. The van der Waals surface area contributed by atoms with Crippen LogP contribution in [0.3, 0.4) is 0 Å². The van der Waals surface area contributed by atoms with Crippen LogP contribution in [0.25, 0.3) is 0 Å². The van der Waals surface area contributed by atoms with Gasteiger partial charge in [0.1, 0.15) is 5.75 Å². The fourth-order valence-corrected chi connectivity index (χ4v) is 2.66. The van der Waals surface area contributed by atoms with Crippen LogP contribution in [0.2, 0.25) is 0 Å². The zero-order chi connectivity index (χ0) is 18.8. The largest absolute Gasteiger partial charge is 0.494 e. The molecule has 0 bridgehead atoms. The second-order valence-electron chi connectivity index (χ2n) is 6.27. The molecule has 140 valence electrons. The van der Waals surface area contributed by atoms with E-state index in [1.807, 2.05) is 56.3 Å². The number of benzene rings is 2. The topological polar surface area (TPSA) is 47.6 Å². The van der Waals surface area contributed by atoms with E-state index >= 15 is 0 Å². The van der Waals surface area contributed by atoms with E-state index in [0.717, 1.165) is 29.7 Å². The Morgan fingerprint density at radius 3 is 2.58 bits per heavy atom. The highest BCUT2D eigenvalue weighted by molar-refractivity contribution is 5.94. The summed E-state index contributed by atoms with van der Waals surface area (Å²) in [4.78, 5) is 12.6. The zero-order valence-corrected chi connectivity index (χ0v) is 16.0. The first-order valence-corrected chi connectivity index (χ1v) is 9.35. The Balaban J connectivity index is 2.08. The summed E-state index contributed by atoms with van der Waals surface area (Å²) in [6.45, 7) is 7.81. The van der Waals surface area contributed by atoms with Crippen molar-refractivity contribution in [2.75, 3.05) is 13.2 Å². The highest BCUT2D eigenvalue weighted by Crippen LogP contribution is 2.22. The van der Waals surface area contributed by atoms with Crippen LogP contribution in [0.4, 0.5) is 0 Å². The number of hydrogen-bond donors (Lipinski definition) is 1. The summed E-state index contributed by atoms with van der Waals surface area (Å²) < 4.78 is 11.4. The van der Waals surface area contributed by atoms with Gasteiger partial charge in [0.15, 0.2) is 0 Å². The van der Waals surface area contributed by atoms with E-state index in [9.17, 15) is 4.79 Å². The SMILES string of the molecule is CCCCOCc1cc(C(=O)N[C@H](C)c2ccccc2)ccc1OCC. The predicted molar refractivity (Wildman–Crippen MR) is 104 cm³/mol. The average Bonchev–Trinajstić information content (AvgIpc) is 2.67. The first-order chi connectivity index (χ1) is 12.7. The van der Waals surface area contributed by atoms with E-state index in [-0.39, 0.29) is 11.9 Å². The molecule has 0 aromatic heterocycles. The number of rotatable bonds is 10. The number of ether oxygens (including phenoxy) is 2. The van der Waals surface area contributed by atoms with Crippen LogP contribution in [0.15, 0.2) is 48.5 Å². The van der Waals surface area contributed by atoms with E-state index in [4.69, 9.17) is 9.47 Å². The van der Waals surface area contributed by atoms with Crippen molar-refractivity contribution in [1.82, 2.24) is 5.32 Å². The fourth-order valence-electron chi connectivity index (χ4n) is 2.66.